The van der Waals surface area contributed by atoms with Gasteiger partial charge < -0.3 is 10.1 Å². The summed E-state index contributed by atoms with van der Waals surface area (Å²) in [4.78, 5) is 24.7. The van der Waals surface area contributed by atoms with Gasteiger partial charge in [0.25, 0.3) is 5.91 Å². The van der Waals surface area contributed by atoms with Crippen molar-refractivity contribution in [2.75, 3.05) is 5.32 Å². The minimum absolute atomic E-state index is 0.0325. The molecular formula is C21H23Cl2NO3. The third kappa shape index (κ3) is 5.72. The van der Waals surface area contributed by atoms with Gasteiger partial charge in [-0.05, 0) is 48.6 Å². The quantitative estimate of drug-likeness (QED) is 0.639. The molecule has 0 bridgehead atoms. The SMILES string of the molecule is Cc1cccc(C(C)C)c1NC(=O)[C@@H](C)OC(=O)Cc1ccc(Cl)cc1Cl. The third-order valence-corrected chi connectivity index (χ3v) is 4.79. The van der Waals surface area contributed by atoms with Gasteiger partial charge in [-0.1, -0.05) is 61.3 Å². The first kappa shape index (κ1) is 21.3. The summed E-state index contributed by atoms with van der Waals surface area (Å²) in [7, 11) is 0. The molecule has 0 saturated heterocycles. The summed E-state index contributed by atoms with van der Waals surface area (Å²) in [5, 5.41) is 3.77. The van der Waals surface area contributed by atoms with E-state index in [2.05, 4.69) is 19.2 Å². The van der Waals surface area contributed by atoms with Crippen LogP contribution in [0.5, 0.6) is 0 Å². The fourth-order valence-corrected chi connectivity index (χ4v) is 3.16. The Morgan fingerprint density at radius 3 is 2.44 bits per heavy atom. The van der Waals surface area contributed by atoms with Crippen LogP contribution in [0.4, 0.5) is 5.69 Å². The number of hydrogen-bond acceptors (Lipinski definition) is 3. The molecule has 1 amide bonds. The first-order valence-corrected chi connectivity index (χ1v) is 9.48. The van der Waals surface area contributed by atoms with Gasteiger partial charge in [-0.15, -0.1) is 0 Å². The minimum atomic E-state index is -0.928. The van der Waals surface area contributed by atoms with Gasteiger partial charge in [-0.3, -0.25) is 9.59 Å². The second kappa shape index (κ2) is 9.25. The van der Waals surface area contributed by atoms with Crippen LogP contribution >= 0.6 is 23.2 Å². The van der Waals surface area contributed by atoms with Crippen LogP contribution in [-0.4, -0.2) is 18.0 Å². The topological polar surface area (TPSA) is 55.4 Å². The molecule has 0 aliphatic heterocycles. The van der Waals surface area contributed by atoms with Crippen LogP contribution in [0.1, 0.15) is 43.4 Å². The summed E-state index contributed by atoms with van der Waals surface area (Å²) in [6.45, 7) is 7.60. The van der Waals surface area contributed by atoms with Crippen molar-refractivity contribution in [3.05, 3.63) is 63.1 Å². The lowest BCUT2D eigenvalue weighted by atomic mass is 9.98. The lowest BCUT2D eigenvalue weighted by molar-refractivity contribution is -0.152. The molecule has 0 aromatic heterocycles. The van der Waals surface area contributed by atoms with Gasteiger partial charge >= 0.3 is 5.97 Å². The molecule has 0 aliphatic carbocycles. The summed E-state index contributed by atoms with van der Waals surface area (Å²) in [6, 6.07) is 10.7. The van der Waals surface area contributed by atoms with Crippen molar-refractivity contribution in [2.45, 2.75) is 46.1 Å². The third-order valence-electron chi connectivity index (χ3n) is 4.20. The van der Waals surface area contributed by atoms with Gasteiger partial charge in [-0.2, -0.15) is 0 Å². The first-order valence-electron chi connectivity index (χ1n) is 8.72. The average molecular weight is 408 g/mol. The van der Waals surface area contributed by atoms with Gasteiger partial charge in [0.2, 0.25) is 0 Å². The number of amides is 1. The van der Waals surface area contributed by atoms with Crippen molar-refractivity contribution in [1.29, 1.82) is 0 Å². The molecule has 2 rings (SSSR count). The van der Waals surface area contributed by atoms with Crippen molar-refractivity contribution in [1.82, 2.24) is 0 Å². The largest absolute Gasteiger partial charge is 0.452 e. The van der Waals surface area contributed by atoms with Crippen LogP contribution in [0.15, 0.2) is 36.4 Å². The van der Waals surface area contributed by atoms with E-state index in [1.165, 1.54) is 0 Å². The molecule has 0 saturated carbocycles. The normalized spacial score (nSPS) is 12.0. The maximum absolute atomic E-state index is 12.5. The van der Waals surface area contributed by atoms with Gasteiger partial charge in [0.1, 0.15) is 0 Å². The monoisotopic (exact) mass is 407 g/mol. The summed E-state index contributed by atoms with van der Waals surface area (Å²) in [6.07, 6.45) is -0.960. The molecule has 0 radical (unpaired) electrons. The van der Waals surface area contributed by atoms with Crippen molar-refractivity contribution in [3.63, 3.8) is 0 Å². The smallest absolute Gasteiger partial charge is 0.311 e. The predicted octanol–water partition coefficient (Wildman–Crippen LogP) is 5.54. The lowest BCUT2D eigenvalue weighted by Gasteiger charge is -2.19. The van der Waals surface area contributed by atoms with E-state index in [0.29, 0.717) is 15.6 Å². The zero-order valence-electron chi connectivity index (χ0n) is 15.8. The Balaban J connectivity index is 2.03. The standard InChI is InChI=1S/C21H23Cl2NO3/c1-12(2)17-7-5-6-13(3)20(17)24-21(26)14(4)27-19(25)10-15-8-9-16(22)11-18(15)23/h5-9,11-12,14H,10H2,1-4H3,(H,24,26)/t14-/m1/s1. The van der Waals surface area contributed by atoms with Crippen molar-refractivity contribution < 1.29 is 14.3 Å². The number of halogens is 2. The van der Waals surface area contributed by atoms with Crippen LogP contribution in [-0.2, 0) is 20.7 Å². The van der Waals surface area contributed by atoms with Crippen LogP contribution in [0.2, 0.25) is 10.0 Å². The fraction of sp³-hybridized carbons (Fsp3) is 0.333. The maximum Gasteiger partial charge on any atom is 0.311 e. The summed E-state index contributed by atoms with van der Waals surface area (Å²) in [5.41, 5.74) is 3.36. The van der Waals surface area contributed by atoms with E-state index < -0.39 is 12.1 Å². The van der Waals surface area contributed by atoms with E-state index in [9.17, 15) is 9.59 Å². The highest BCUT2D eigenvalue weighted by molar-refractivity contribution is 6.35. The average Bonchev–Trinajstić information content (AvgIpc) is 2.58. The van der Waals surface area contributed by atoms with Crippen molar-refractivity contribution in [2.24, 2.45) is 0 Å². The van der Waals surface area contributed by atoms with Gasteiger partial charge in [0.05, 0.1) is 6.42 Å². The number of esters is 1. The summed E-state index contributed by atoms with van der Waals surface area (Å²) < 4.78 is 5.27. The van der Waals surface area contributed by atoms with Gasteiger partial charge in [0, 0.05) is 15.7 Å². The van der Waals surface area contributed by atoms with E-state index in [0.717, 1.165) is 16.8 Å². The first-order chi connectivity index (χ1) is 12.7. The second-order valence-corrected chi connectivity index (χ2v) is 7.57. The second-order valence-electron chi connectivity index (χ2n) is 6.73. The molecule has 1 atom stereocenters. The molecule has 0 fully saturated rings. The zero-order chi connectivity index (χ0) is 20.1. The van der Waals surface area contributed by atoms with E-state index in [1.54, 1.807) is 25.1 Å². The summed E-state index contributed by atoms with van der Waals surface area (Å²) >= 11 is 11.9. The van der Waals surface area contributed by atoms with Crippen LogP contribution < -0.4 is 5.32 Å². The van der Waals surface area contributed by atoms with Crippen molar-refractivity contribution in [3.8, 4) is 0 Å². The number of rotatable bonds is 6. The number of hydrogen-bond donors (Lipinski definition) is 1. The number of nitrogens with one attached hydrogen (secondary N) is 1. The molecule has 0 aliphatic rings. The Labute approximate surface area is 169 Å². The highest BCUT2D eigenvalue weighted by atomic mass is 35.5. The minimum Gasteiger partial charge on any atom is -0.452 e. The number of ether oxygens (including phenoxy) is 1. The molecule has 2 aromatic rings. The van der Waals surface area contributed by atoms with Crippen molar-refractivity contribution >= 4 is 40.8 Å². The molecule has 0 spiro atoms. The van der Waals surface area contributed by atoms with Crippen LogP contribution in [0.25, 0.3) is 0 Å². The number of anilines is 1. The zero-order valence-corrected chi connectivity index (χ0v) is 17.3. The molecule has 1 N–H and O–H groups in total. The number of benzene rings is 2. The molecule has 6 heteroatoms. The number of para-hydroxylation sites is 1. The Morgan fingerprint density at radius 1 is 1.11 bits per heavy atom. The number of aryl methyl sites for hydroxylation is 1. The van der Waals surface area contributed by atoms with Crippen LogP contribution in [0.3, 0.4) is 0 Å². The molecule has 4 nitrogen and oxygen atoms in total. The molecule has 144 valence electrons. The molecular weight excluding hydrogens is 385 g/mol. The van der Waals surface area contributed by atoms with E-state index in [4.69, 9.17) is 27.9 Å². The highest BCUT2D eigenvalue weighted by Gasteiger charge is 2.21. The van der Waals surface area contributed by atoms with Crippen LogP contribution in [0, 0.1) is 6.92 Å². The number of carbonyl (C=O) groups is 2. The molecule has 0 unspecified atom stereocenters. The van der Waals surface area contributed by atoms with E-state index in [-0.39, 0.29) is 18.2 Å². The predicted molar refractivity (Wildman–Crippen MR) is 110 cm³/mol. The number of carbonyl (C=O) groups excluding carboxylic acids is 2. The lowest BCUT2D eigenvalue weighted by Crippen LogP contribution is -2.31. The van der Waals surface area contributed by atoms with Gasteiger partial charge in [0.15, 0.2) is 6.10 Å². The Hall–Kier alpha value is -2.04. The highest BCUT2D eigenvalue weighted by Crippen LogP contribution is 2.27. The summed E-state index contributed by atoms with van der Waals surface area (Å²) in [5.74, 6) is -0.650. The molecule has 27 heavy (non-hydrogen) atoms. The van der Waals surface area contributed by atoms with E-state index in [1.807, 2.05) is 25.1 Å². The van der Waals surface area contributed by atoms with Gasteiger partial charge in [-0.25, -0.2) is 0 Å². The molecule has 2 aromatic carbocycles. The Kier molecular flexibility index (Phi) is 7.28. The Bertz CT molecular complexity index is 849. The van der Waals surface area contributed by atoms with E-state index >= 15 is 0 Å². The molecule has 0 heterocycles. The Morgan fingerprint density at radius 2 is 1.81 bits per heavy atom. The fourth-order valence-electron chi connectivity index (χ4n) is 2.68. The maximum atomic E-state index is 12.5.